The fraction of sp³-hybridized carbons (Fsp3) is 0.235. The zero-order valence-electron chi connectivity index (χ0n) is 13.0. The van der Waals surface area contributed by atoms with E-state index in [1.807, 2.05) is 24.7 Å². The average Bonchev–Trinajstić information content (AvgIpc) is 3.19. The van der Waals surface area contributed by atoms with E-state index in [0.717, 1.165) is 36.6 Å². The number of nitrogens with one attached hydrogen (secondary N) is 1. The van der Waals surface area contributed by atoms with Gasteiger partial charge in [-0.1, -0.05) is 0 Å². The van der Waals surface area contributed by atoms with Gasteiger partial charge in [-0.3, -0.25) is 0 Å². The quantitative estimate of drug-likeness (QED) is 0.629. The number of hydrogen-bond acceptors (Lipinski definition) is 3. The Labute approximate surface area is 152 Å². The number of nitrogens with zero attached hydrogens (tertiary/aromatic N) is 2. The van der Waals surface area contributed by atoms with E-state index in [4.69, 9.17) is 4.42 Å². The monoisotopic (exact) mass is 371 g/mol. The number of furan rings is 1. The summed E-state index contributed by atoms with van der Waals surface area (Å²) in [4.78, 5) is 4.01. The summed E-state index contributed by atoms with van der Waals surface area (Å²) in [6, 6.07) is 10.2. The van der Waals surface area contributed by atoms with Crippen molar-refractivity contribution in [3.63, 3.8) is 0 Å². The lowest BCUT2D eigenvalue weighted by molar-refractivity contribution is 0.484. The molecular formula is C17H20Cl2FN3O. The van der Waals surface area contributed by atoms with Crippen LogP contribution in [0.3, 0.4) is 0 Å². The highest BCUT2D eigenvalue weighted by atomic mass is 35.5. The summed E-state index contributed by atoms with van der Waals surface area (Å²) >= 11 is 0. The standard InChI is InChI=1S/C17H18FN3O.2ClH/c18-15-4-2-14(3-5-15)17-7-6-16(22-17)12-19-8-1-10-21-11-9-20-13-21;;/h2-7,9,11,13,19H,1,8,10,12H2;2*1H. The van der Waals surface area contributed by atoms with Crippen LogP contribution in [0.25, 0.3) is 11.3 Å². The predicted octanol–water partition coefficient (Wildman–Crippen LogP) is 4.31. The number of hydrogen-bond donors (Lipinski definition) is 1. The second-order valence-corrected chi connectivity index (χ2v) is 5.10. The number of halogens is 3. The number of aryl methyl sites for hydroxylation is 1. The van der Waals surface area contributed by atoms with Crippen molar-refractivity contribution in [3.8, 4) is 11.3 Å². The molecule has 3 rings (SSSR count). The molecule has 0 bridgehead atoms. The molecule has 24 heavy (non-hydrogen) atoms. The summed E-state index contributed by atoms with van der Waals surface area (Å²) in [5, 5.41) is 3.35. The first-order chi connectivity index (χ1) is 10.8. The highest BCUT2D eigenvalue weighted by Gasteiger charge is 2.04. The van der Waals surface area contributed by atoms with E-state index < -0.39 is 0 Å². The molecule has 1 aromatic carbocycles. The molecule has 2 aromatic heterocycles. The molecule has 0 aliphatic carbocycles. The van der Waals surface area contributed by atoms with Crippen molar-refractivity contribution >= 4 is 24.8 Å². The highest BCUT2D eigenvalue weighted by molar-refractivity contribution is 5.85. The Morgan fingerprint density at radius 2 is 1.88 bits per heavy atom. The second kappa shape index (κ2) is 10.1. The van der Waals surface area contributed by atoms with E-state index in [0.29, 0.717) is 6.54 Å². The third kappa shape index (κ3) is 5.67. The first kappa shape index (κ1) is 20.2. The van der Waals surface area contributed by atoms with Crippen molar-refractivity contribution in [2.75, 3.05) is 6.54 Å². The number of aromatic nitrogens is 2. The maximum absolute atomic E-state index is 12.9. The molecule has 0 fully saturated rings. The minimum Gasteiger partial charge on any atom is -0.460 e. The molecule has 2 heterocycles. The van der Waals surface area contributed by atoms with E-state index in [2.05, 4.69) is 14.9 Å². The van der Waals surface area contributed by atoms with E-state index >= 15 is 0 Å². The van der Waals surface area contributed by atoms with Crippen LogP contribution >= 0.6 is 24.8 Å². The lowest BCUT2D eigenvalue weighted by Gasteiger charge is -2.04. The first-order valence-electron chi connectivity index (χ1n) is 7.32. The Morgan fingerprint density at radius 1 is 1.08 bits per heavy atom. The molecule has 0 atom stereocenters. The Morgan fingerprint density at radius 3 is 2.58 bits per heavy atom. The van der Waals surface area contributed by atoms with Gasteiger partial charge in [0, 0.05) is 24.5 Å². The molecule has 4 nitrogen and oxygen atoms in total. The Hall–Kier alpha value is -1.82. The van der Waals surface area contributed by atoms with Gasteiger partial charge in [0.1, 0.15) is 17.3 Å². The van der Waals surface area contributed by atoms with Gasteiger partial charge in [0.25, 0.3) is 0 Å². The van der Waals surface area contributed by atoms with E-state index in [1.54, 1.807) is 18.3 Å². The maximum Gasteiger partial charge on any atom is 0.134 e. The smallest absolute Gasteiger partial charge is 0.134 e. The number of imidazole rings is 1. The lowest BCUT2D eigenvalue weighted by Crippen LogP contribution is -2.15. The molecule has 0 aliphatic heterocycles. The molecule has 0 aliphatic rings. The van der Waals surface area contributed by atoms with Gasteiger partial charge in [0.15, 0.2) is 0 Å². The largest absolute Gasteiger partial charge is 0.460 e. The summed E-state index contributed by atoms with van der Waals surface area (Å²) < 4.78 is 20.7. The molecule has 7 heteroatoms. The van der Waals surface area contributed by atoms with Crippen LogP contribution in [-0.2, 0) is 13.1 Å². The first-order valence-corrected chi connectivity index (χ1v) is 7.32. The van der Waals surface area contributed by atoms with Crippen LogP contribution in [0, 0.1) is 5.82 Å². The normalized spacial score (nSPS) is 10.0. The summed E-state index contributed by atoms with van der Waals surface area (Å²) in [7, 11) is 0. The van der Waals surface area contributed by atoms with Crippen molar-refractivity contribution in [2.45, 2.75) is 19.5 Å². The highest BCUT2D eigenvalue weighted by Crippen LogP contribution is 2.22. The van der Waals surface area contributed by atoms with Crippen molar-refractivity contribution in [1.82, 2.24) is 14.9 Å². The minimum absolute atomic E-state index is 0. The summed E-state index contributed by atoms with van der Waals surface area (Å²) in [5.41, 5.74) is 0.882. The Balaban J connectivity index is 0.00000144. The molecule has 0 saturated heterocycles. The van der Waals surface area contributed by atoms with E-state index in [9.17, 15) is 4.39 Å². The molecule has 0 radical (unpaired) electrons. The fourth-order valence-corrected chi connectivity index (χ4v) is 2.26. The van der Waals surface area contributed by atoms with Crippen molar-refractivity contribution in [3.05, 3.63) is 66.7 Å². The zero-order chi connectivity index (χ0) is 15.2. The van der Waals surface area contributed by atoms with Gasteiger partial charge >= 0.3 is 0 Å². The Bertz CT molecular complexity index is 699. The van der Waals surface area contributed by atoms with Crippen molar-refractivity contribution in [1.29, 1.82) is 0 Å². The van der Waals surface area contributed by atoms with Gasteiger partial charge in [0.05, 0.1) is 12.9 Å². The second-order valence-electron chi connectivity index (χ2n) is 5.10. The van der Waals surface area contributed by atoms with Crippen LogP contribution in [0.15, 0.2) is 59.5 Å². The molecule has 130 valence electrons. The van der Waals surface area contributed by atoms with Crippen LogP contribution < -0.4 is 5.32 Å². The number of rotatable bonds is 7. The van der Waals surface area contributed by atoms with E-state index in [-0.39, 0.29) is 30.6 Å². The lowest BCUT2D eigenvalue weighted by atomic mass is 10.2. The van der Waals surface area contributed by atoms with Gasteiger partial charge < -0.3 is 14.3 Å². The molecule has 0 spiro atoms. The molecule has 0 amide bonds. The molecular weight excluding hydrogens is 352 g/mol. The van der Waals surface area contributed by atoms with Crippen LogP contribution in [0.2, 0.25) is 0 Å². The van der Waals surface area contributed by atoms with Crippen LogP contribution in [-0.4, -0.2) is 16.1 Å². The van der Waals surface area contributed by atoms with Gasteiger partial charge in [-0.2, -0.15) is 0 Å². The Kier molecular flexibility index (Phi) is 8.54. The molecule has 0 unspecified atom stereocenters. The average molecular weight is 372 g/mol. The van der Waals surface area contributed by atoms with Crippen molar-refractivity contribution in [2.24, 2.45) is 0 Å². The topological polar surface area (TPSA) is 43.0 Å². The van der Waals surface area contributed by atoms with Gasteiger partial charge in [0.2, 0.25) is 0 Å². The minimum atomic E-state index is -0.241. The molecule has 1 N–H and O–H groups in total. The van der Waals surface area contributed by atoms with Crippen LogP contribution in [0.5, 0.6) is 0 Å². The van der Waals surface area contributed by atoms with Gasteiger partial charge in [-0.05, 0) is 49.4 Å². The zero-order valence-corrected chi connectivity index (χ0v) is 14.7. The van der Waals surface area contributed by atoms with Gasteiger partial charge in [-0.25, -0.2) is 9.37 Å². The summed E-state index contributed by atoms with van der Waals surface area (Å²) in [6.07, 6.45) is 6.60. The van der Waals surface area contributed by atoms with Gasteiger partial charge in [-0.15, -0.1) is 24.8 Å². The molecule has 3 aromatic rings. The van der Waals surface area contributed by atoms with Crippen LogP contribution in [0.1, 0.15) is 12.2 Å². The predicted molar refractivity (Wildman–Crippen MR) is 97.1 cm³/mol. The molecule has 0 saturated carbocycles. The number of benzene rings is 1. The third-order valence-electron chi connectivity index (χ3n) is 3.42. The van der Waals surface area contributed by atoms with Crippen molar-refractivity contribution < 1.29 is 8.81 Å². The van der Waals surface area contributed by atoms with E-state index in [1.165, 1.54) is 12.1 Å². The summed E-state index contributed by atoms with van der Waals surface area (Å²) in [5.74, 6) is 1.40. The maximum atomic E-state index is 12.9. The summed E-state index contributed by atoms with van der Waals surface area (Å²) in [6.45, 7) is 2.54. The van der Waals surface area contributed by atoms with Crippen LogP contribution in [0.4, 0.5) is 4.39 Å². The third-order valence-corrected chi connectivity index (χ3v) is 3.42. The SMILES string of the molecule is Cl.Cl.Fc1ccc(-c2ccc(CNCCCn3ccnc3)o2)cc1. The fourth-order valence-electron chi connectivity index (χ4n) is 2.26.